The summed E-state index contributed by atoms with van der Waals surface area (Å²) in [5, 5.41) is 0.481. The van der Waals surface area contributed by atoms with Gasteiger partial charge in [-0.25, -0.2) is 0 Å². The van der Waals surface area contributed by atoms with E-state index in [1.54, 1.807) is 18.1 Å². The number of ether oxygens (including phenoxy) is 3. The summed E-state index contributed by atoms with van der Waals surface area (Å²) in [6.07, 6.45) is 6.23. The molecule has 1 saturated heterocycles. The molecule has 2 aromatic carbocycles. The van der Waals surface area contributed by atoms with Crippen molar-refractivity contribution in [2.75, 3.05) is 26.9 Å². The Morgan fingerprint density at radius 2 is 1.92 bits per heavy atom. The third-order valence-electron chi connectivity index (χ3n) is 7.30. The first kappa shape index (κ1) is 25.3. The molecule has 37 heavy (non-hydrogen) atoms. The van der Waals surface area contributed by atoms with Crippen LogP contribution in [0, 0.1) is 6.92 Å². The summed E-state index contributed by atoms with van der Waals surface area (Å²) in [6.45, 7) is 5.80. The lowest BCUT2D eigenvalue weighted by molar-refractivity contribution is 0.0486. The molecule has 0 N–H and O–H groups in total. The predicted octanol–water partition coefficient (Wildman–Crippen LogP) is 5.79. The molecule has 196 valence electrons. The number of hydrogen-bond acceptors (Lipinski definition) is 6. The van der Waals surface area contributed by atoms with E-state index in [1.807, 2.05) is 37.3 Å². The van der Waals surface area contributed by atoms with Gasteiger partial charge in [0.25, 0.3) is 5.91 Å². The zero-order valence-electron chi connectivity index (χ0n) is 21.9. The topological polar surface area (TPSA) is 78.2 Å². The summed E-state index contributed by atoms with van der Waals surface area (Å²) in [4.78, 5) is 29.2. The summed E-state index contributed by atoms with van der Waals surface area (Å²) >= 11 is 0. The number of rotatable bonds is 10. The molecule has 0 aliphatic carbocycles. The highest BCUT2D eigenvalue weighted by Gasteiger charge is 2.44. The largest absolute Gasteiger partial charge is 0.493 e. The molecule has 0 radical (unpaired) electrons. The van der Waals surface area contributed by atoms with Gasteiger partial charge in [0.2, 0.25) is 5.76 Å². The Labute approximate surface area is 217 Å². The van der Waals surface area contributed by atoms with Crippen LogP contribution >= 0.6 is 0 Å². The Bertz CT molecular complexity index is 1340. The van der Waals surface area contributed by atoms with Crippen LogP contribution in [0.3, 0.4) is 0 Å². The molecule has 3 aromatic rings. The Hall–Kier alpha value is -3.32. The number of carbonyl (C=O) groups excluding carboxylic acids is 1. The van der Waals surface area contributed by atoms with Crippen molar-refractivity contribution in [2.45, 2.75) is 64.5 Å². The summed E-state index contributed by atoms with van der Waals surface area (Å²) < 4.78 is 23.6. The van der Waals surface area contributed by atoms with Crippen LogP contribution < -0.4 is 14.9 Å². The van der Waals surface area contributed by atoms with E-state index in [-0.39, 0.29) is 23.2 Å². The number of nitrogens with zero attached hydrogens (tertiary/aromatic N) is 1. The van der Waals surface area contributed by atoms with E-state index in [0.717, 1.165) is 36.8 Å². The van der Waals surface area contributed by atoms with Gasteiger partial charge in [0, 0.05) is 13.2 Å². The standard InChI is InChI=1S/C30H35NO6/c1-4-5-6-7-14-36-24-13-11-20(17-25(24)34-3)27-26-28(32)22-16-19(2)10-12-23(22)37-29(26)30(33)31(27)18-21-9-8-15-35-21/h10-13,16-17,21,27H,4-9,14-15,18H2,1-3H3. The summed E-state index contributed by atoms with van der Waals surface area (Å²) in [7, 11) is 1.60. The van der Waals surface area contributed by atoms with Crippen molar-refractivity contribution in [2.24, 2.45) is 0 Å². The van der Waals surface area contributed by atoms with Crippen molar-refractivity contribution < 1.29 is 23.4 Å². The van der Waals surface area contributed by atoms with E-state index in [1.165, 1.54) is 12.8 Å². The molecule has 2 aliphatic heterocycles. The number of benzene rings is 2. The van der Waals surface area contributed by atoms with Gasteiger partial charge in [-0.05, 0) is 56.0 Å². The molecule has 1 fully saturated rings. The number of aryl methyl sites for hydroxylation is 1. The molecular formula is C30H35NO6. The highest BCUT2D eigenvalue weighted by atomic mass is 16.5. The third kappa shape index (κ3) is 4.97. The average molecular weight is 506 g/mol. The first-order valence-corrected chi connectivity index (χ1v) is 13.3. The van der Waals surface area contributed by atoms with Gasteiger partial charge in [-0.2, -0.15) is 0 Å². The Kier molecular flexibility index (Phi) is 7.51. The average Bonchev–Trinajstić information content (AvgIpc) is 3.51. The van der Waals surface area contributed by atoms with Gasteiger partial charge in [0.1, 0.15) is 5.58 Å². The van der Waals surface area contributed by atoms with E-state index in [4.69, 9.17) is 18.6 Å². The van der Waals surface area contributed by atoms with E-state index in [2.05, 4.69) is 6.92 Å². The zero-order chi connectivity index (χ0) is 25.9. The van der Waals surface area contributed by atoms with Crippen molar-refractivity contribution in [3.8, 4) is 11.5 Å². The first-order valence-electron chi connectivity index (χ1n) is 13.3. The SMILES string of the molecule is CCCCCCOc1ccc(C2c3c(oc4ccc(C)cc4c3=O)C(=O)N2CC2CCCO2)cc1OC. The number of unbranched alkanes of at least 4 members (excludes halogenated alkanes) is 3. The lowest BCUT2D eigenvalue weighted by Crippen LogP contribution is -2.36. The van der Waals surface area contributed by atoms with Crippen LogP contribution in [0.4, 0.5) is 0 Å². The van der Waals surface area contributed by atoms with Crippen LogP contribution in [0.15, 0.2) is 45.6 Å². The maximum absolute atomic E-state index is 13.8. The fraction of sp³-hybridized carbons (Fsp3) is 0.467. The van der Waals surface area contributed by atoms with Gasteiger partial charge < -0.3 is 23.5 Å². The van der Waals surface area contributed by atoms with Gasteiger partial charge in [-0.15, -0.1) is 0 Å². The zero-order valence-corrected chi connectivity index (χ0v) is 21.9. The Morgan fingerprint density at radius 3 is 2.68 bits per heavy atom. The molecule has 2 atom stereocenters. The van der Waals surface area contributed by atoms with E-state index in [0.29, 0.717) is 47.8 Å². The Balaban J connectivity index is 1.55. The van der Waals surface area contributed by atoms with Crippen LogP contribution in [0.1, 0.15) is 78.7 Å². The third-order valence-corrected chi connectivity index (χ3v) is 7.30. The van der Waals surface area contributed by atoms with Crippen LogP contribution in [0.5, 0.6) is 11.5 Å². The van der Waals surface area contributed by atoms with Crippen molar-refractivity contribution in [1.82, 2.24) is 4.90 Å². The second-order valence-electron chi connectivity index (χ2n) is 9.99. The van der Waals surface area contributed by atoms with E-state index >= 15 is 0 Å². The van der Waals surface area contributed by atoms with Crippen LogP contribution in [0.25, 0.3) is 11.0 Å². The second kappa shape index (κ2) is 11.0. The van der Waals surface area contributed by atoms with Crippen molar-refractivity contribution in [3.63, 3.8) is 0 Å². The summed E-state index contributed by atoms with van der Waals surface area (Å²) in [6, 6.07) is 10.5. The molecule has 0 spiro atoms. The Morgan fingerprint density at radius 1 is 1.05 bits per heavy atom. The minimum atomic E-state index is -0.597. The molecule has 3 heterocycles. The molecule has 1 amide bonds. The quantitative estimate of drug-likeness (QED) is 0.325. The highest BCUT2D eigenvalue weighted by molar-refractivity contribution is 5.99. The van der Waals surface area contributed by atoms with Crippen molar-refractivity contribution in [3.05, 3.63) is 69.1 Å². The molecular weight excluding hydrogens is 470 g/mol. The molecule has 1 aromatic heterocycles. The number of amides is 1. The van der Waals surface area contributed by atoms with E-state index in [9.17, 15) is 9.59 Å². The second-order valence-corrected chi connectivity index (χ2v) is 9.99. The lowest BCUT2D eigenvalue weighted by atomic mass is 9.97. The summed E-state index contributed by atoms with van der Waals surface area (Å²) in [5.41, 5.74) is 2.35. The smallest absolute Gasteiger partial charge is 0.291 e. The first-order chi connectivity index (χ1) is 18.0. The minimum absolute atomic E-state index is 0.0693. The molecule has 5 rings (SSSR count). The minimum Gasteiger partial charge on any atom is -0.493 e. The molecule has 0 saturated carbocycles. The van der Waals surface area contributed by atoms with Gasteiger partial charge in [-0.1, -0.05) is 43.9 Å². The van der Waals surface area contributed by atoms with Crippen LogP contribution in [0.2, 0.25) is 0 Å². The van der Waals surface area contributed by atoms with Gasteiger partial charge in [-0.3, -0.25) is 9.59 Å². The molecule has 7 nitrogen and oxygen atoms in total. The number of carbonyl (C=O) groups is 1. The highest BCUT2D eigenvalue weighted by Crippen LogP contribution is 2.41. The maximum atomic E-state index is 13.8. The predicted molar refractivity (Wildman–Crippen MR) is 142 cm³/mol. The number of hydrogen-bond donors (Lipinski definition) is 0. The van der Waals surface area contributed by atoms with Gasteiger partial charge in [0.05, 0.1) is 36.8 Å². The monoisotopic (exact) mass is 505 g/mol. The molecule has 0 bridgehead atoms. The number of methoxy groups -OCH3 is 1. The number of fused-ring (bicyclic) bond motifs is 2. The van der Waals surface area contributed by atoms with Crippen LogP contribution in [-0.4, -0.2) is 43.8 Å². The normalized spacial score (nSPS) is 19.0. The lowest BCUT2D eigenvalue weighted by Gasteiger charge is -2.28. The molecule has 2 unspecified atom stereocenters. The fourth-order valence-electron chi connectivity index (χ4n) is 5.36. The molecule has 7 heteroatoms. The van der Waals surface area contributed by atoms with Crippen molar-refractivity contribution >= 4 is 16.9 Å². The van der Waals surface area contributed by atoms with E-state index < -0.39 is 6.04 Å². The fourth-order valence-corrected chi connectivity index (χ4v) is 5.36. The van der Waals surface area contributed by atoms with Gasteiger partial charge in [0.15, 0.2) is 16.9 Å². The molecule has 2 aliphatic rings. The van der Waals surface area contributed by atoms with Gasteiger partial charge >= 0.3 is 0 Å². The van der Waals surface area contributed by atoms with Crippen molar-refractivity contribution in [1.29, 1.82) is 0 Å². The summed E-state index contributed by atoms with van der Waals surface area (Å²) in [5.74, 6) is 1.05. The van der Waals surface area contributed by atoms with Crippen LogP contribution in [-0.2, 0) is 4.74 Å². The maximum Gasteiger partial charge on any atom is 0.291 e.